The topological polar surface area (TPSA) is 40.5 Å². The molecule has 1 aromatic rings. The third-order valence-corrected chi connectivity index (χ3v) is 3.02. The van der Waals surface area contributed by atoms with Crippen LogP contribution in [0.25, 0.3) is 0 Å². The van der Waals surface area contributed by atoms with Gasteiger partial charge in [-0.3, -0.25) is 0 Å². The van der Waals surface area contributed by atoms with Gasteiger partial charge in [0, 0.05) is 0 Å². The number of benzene rings is 1. The van der Waals surface area contributed by atoms with E-state index in [1.807, 2.05) is 6.07 Å². The molecule has 3 heteroatoms. The normalized spacial score (nSPS) is 10.5. The Bertz CT molecular complexity index is 258. The van der Waals surface area contributed by atoms with E-state index < -0.39 is 8.80 Å². The first-order valence-electron chi connectivity index (χ1n) is 3.44. The zero-order chi connectivity index (χ0) is 8.43. The number of hydrogen-bond acceptors (Lipinski definition) is 2. The van der Waals surface area contributed by atoms with Gasteiger partial charge in [0.1, 0.15) is 0 Å². The zero-order valence-electron chi connectivity index (χ0n) is 6.63. The van der Waals surface area contributed by atoms with Gasteiger partial charge in [0.25, 0.3) is 0 Å². The molecule has 1 rings (SSSR count). The predicted molar refractivity (Wildman–Crippen MR) is 46.9 cm³/mol. The van der Waals surface area contributed by atoms with Gasteiger partial charge in [0.2, 0.25) is 0 Å². The van der Waals surface area contributed by atoms with Crippen molar-refractivity contribution >= 4 is 14.0 Å². The Morgan fingerprint density at radius 1 is 1.09 bits per heavy atom. The van der Waals surface area contributed by atoms with Crippen LogP contribution in [0.2, 0.25) is 13.1 Å². The molecule has 0 aliphatic carbocycles. The van der Waals surface area contributed by atoms with Crippen molar-refractivity contribution in [3.8, 4) is 11.5 Å². The number of rotatable bonds is 1. The largest absolute Gasteiger partial charge is 0.504 e. The maximum absolute atomic E-state index is 9.12. The van der Waals surface area contributed by atoms with Crippen molar-refractivity contribution in [1.82, 2.24) is 0 Å². The summed E-state index contributed by atoms with van der Waals surface area (Å²) in [5, 5.41) is 19.2. The molecule has 0 atom stereocenters. The first-order valence-corrected chi connectivity index (χ1v) is 5.94. The van der Waals surface area contributed by atoms with Crippen molar-refractivity contribution in [2.45, 2.75) is 13.1 Å². The minimum absolute atomic E-state index is 0.0197. The fourth-order valence-corrected chi connectivity index (χ4v) is 1.68. The van der Waals surface area contributed by atoms with Gasteiger partial charge >= 0.3 is 0 Å². The number of aromatic hydroxyl groups is 2. The van der Waals surface area contributed by atoms with Crippen LogP contribution in [0.15, 0.2) is 18.2 Å². The number of hydrogen-bond donors (Lipinski definition) is 2. The number of phenols is 2. The Morgan fingerprint density at radius 2 is 1.73 bits per heavy atom. The first kappa shape index (κ1) is 8.14. The molecule has 0 heterocycles. The van der Waals surface area contributed by atoms with E-state index >= 15 is 0 Å². The quantitative estimate of drug-likeness (QED) is 0.485. The van der Waals surface area contributed by atoms with Crippen LogP contribution in [-0.4, -0.2) is 19.0 Å². The molecule has 1 aromatic carbocycles. The molecule has 0 bridgehead atoms. The fourth-order valence-electron chi connectivity index (χ4n) is 0.834. The van der Waals surface area contributed by atoms with Crippen molar-refractivity contribution in [2.24, 2.45) is 0 Å². The molecule has 0 unspecified atom stereocenters. The summed E-state index contributed by atoms with van der Waals surface area (Å²) in [6.45, 7) is 4.27. The Labute approximate surface area is 67.7 Å². The van der Waals surface area contributed by atoms with Gasteiger partial charge < -0.3 is 10.2 Å². The lowest BCUT2D eigenvalue weighted by Gasteiger charge is -2.04. The molecular weight excluding hydrogens is 156 g/mol. The average Bonchev–Trinajstić information content (AvgIpc) is 1.94. The monoisotopic (exact) mass is 167 g/mol. The summed E-state index contributed by atoms with van der Waals surface area (Å²) in [4.78, 5) is 0. The summed E-state index contributed by atoms with van der Waals surface area (Å²) in [5.41, 5.74) is 0. The van der Waals surface area contributed by atoms with Crippen LogP contribution >= 0.6 is 0 Å². The van der Waals surface area contributed by atoms with E-state index in [2.05, 4.69) is 13.1 Å². The second-order valence-electron chi connectivity index (χ2n) is 2.70. The standard InChI is InChI=1S/C8H11O2Si/c1-11(2)6-3-4-7(9)8(10)5-6/h3-5,9-10H,1-2H3. The molecule has 0 spiro atoms. The van der Waals surface area contributed by atoms with Crippen LogP contribution in [0, 0.1) is 0 Å². The second kappa shape index (κ2) is 2.96. The Balaban J connectivity index is 3.05. The Hall–Kier alpha value is -0.963. The van der Waals surface area contributed by atoms with E-state index in [0.29, 0.717) is 0 Å². The summed E-state index contributed by atoms with van der Waals surface area (Å²) >= 11 is 0. The predicted octanol–water partition coefficient (Wildman–Crippen LogP) is 1.06. The van der Waals surface area contributed by atoms with Crippen LogP contribution in [0.3, 0.4) is 0 Å². The van der Waals surface area contributed by atoms with E-state index in [0.717, 1.165) is 5.19 Å². The third-order valence-electron chi connectivity index (χ3n) is 1.55. The highest BCUT2D eigenvalue weighted by atomic mass is 28.3. The maximum Gasteiger partial charge on any atom is 0.157 e. The molecule has 0 fully saturated rings. The Kier molecular flexibility index (Phi) is 2.19. The lowest BCUT2D eigenvalue weighted by Crippen LogP contribution is -2.21. The molecule has 0 aliphatic heterocycles. The lowest BCUT2D eigenvalue weighted by molar-refractivity contribution is 0.404. The molecule has 0 aliphatic rings. The van der Waals surface area contributed by atoms with E-state index in [4.69, 9.17) is 10.2 Å². The number of phenolic OH excluding ortho intramolecular Hbond substituents is 2. The molecular formula is C8H11O2Si. The van der Waals surface area contributed by atoms with Crippen LogP contribution < -0.4 is 5.19 Å². The second-order valence-corrected chi connectivity index (χ2v) is 5.28. The Morgan fingerprint density at radius 3 is 2.18 bits per heavy atom. The first-order chi connectivity index (χ1) is 5.11. The van der Waals surface area contributed by atoms with Gasteiger partial charge in [-0.25, -0.2) is 0 Å². The van der Waals surface area contributed by atoms with Gasteiger partial charge in [-0.2, -0.15) is 0 Å². The van der Waals surface area contributed by atoms with Crippen LogP contribution in [0.4, 0.5) is 0 Å². The highest BCUT2D eigenvalue weighted by molar-refractivity contribution is 6.70. The summed E-state index contributed by atoms with van der Waals surface area (Å²) in [7, 11) is -0.522. The van der Waals surface area contributed by atoms with Crippen LogP contribution in [-0.2, 0) is 0 Å². The van der Waals surface area contributed by atoms with E-state index in [9.17, 15) is 0 Å². The van der Waals surface area contributed by atoms with Crippen molar-refractivity contribution in [2.75, 3.05) is 0 Å². The highest BCUT2D eigenvalue weighted by Gasteiger charge is 2.04. The summed E-state index contributed by atoms with van der Waals surface area (Å²) in [5.74, 6) is -0.0642. The molecule has 0 aromatic heterocycles. The fraction of sp³-hybridized carbons (Fsp3) is 0.250. The lowest BCUT2D eigenvalue weighted by atomic mass is 10.3. The van der Waals surface area contributed by atoms with Gasteiger partial charge in [-0.1, -0.05) is 24.3 Å². The zero-order valence-corrected chi connectivity index (χ0v) is 7.63. The van der Waals surface area contributed by atoms with E-state index in [-0.39, 0.29) is 11.5 Å². The molecule has 59 valence electrons. The van der Waals surface area contributed by atoms with Crippen molar-refractivity contribution in [3.05, 3.63) is 18.2 Å². The minimum Gasteiger partial charge on any atom is -0.504 e. The summed E-state index contributed by atoms with van der Waals surface area (Å²) in [6.07, 6.45) is 0. The molecule has 0 saturated carbocycles. The molecule has 2 nitrogen and oxygen atoms in total. The summed E-state index contributed by atoms with van der Waals surface area (Å²) in [6, 6.07) is 5.01. The van der Waals surface area contributed by atoms with E-state index in [1.165, 1.54) is 6.07 Å². The molecule has 11 heavy (non-hydrogen) atoms. The SMILES string of the molecule is C[Si](C)c1ccc(O)c(O)c1. The minimum atomic E-state index is -0.522. The molecule has 0 saturated heterocycles. The molecule has 1 radical (unpaired) electrons. The van der Waals surface area contributed by atoms with E-state index in [1.54, 1.807) is 6.07 Å². The van der Waals surface area contributed by atoms with Crippen molar-refractivity contribution in [1.29, 1.82) is 0 Å². The average molecular weight is 167 g/mol. The van der Waals surface area contributed by atoms with Gasteiger partial charge in [-0.05, 0) is 12.1 Å². The van der Waals surface area contributed by atoms with Crippen LogP contribution in [0.1, 0.15) is 0 Å². The highest BCUT2D eigenvalue weighted by Crippen LogP contribution is 2.21. The smallest absolute Gasteiger partial charge is 0.157 e. The summed E-state index contributed by atoms with van der Waals surface area (Å²) < 4.78 is 0. The maximum atomic E-state index is 9.12. The van der Waals surface area contributed by atoms with Crippen molar-refractivity contribution < 1.29 is 10.2 Å². The van der Waals surface area contributed by atoms with Gasteiger partial charge in [0.05, 0.1) is 8.80 Å². The van der Waals surface area contributed by atoms with Gasteiger partial charge in [-0.15, -0.1) is 0 Å². The third kappa shape index (κ3) is 1.74. The molecule has 2 N–H and O–H groups in total. The van der Waals surface area contributed by atoms with Gasteiger partial charge in [0.15, 0.2) is 11.5 Å². The van der Waals surface area contributed by atoms with Crippen LogP contribution in [0.5, 0.6) is 11.5 Å². The van der Waals surface area contributed by atoms with Crippen molar-refractivity contribution in [3.63, 3.8) is 0 Å². The molecule has 0 amide bonds.